The van der Waals surface area contributed by atoms with Crippen LogP contribution in [0.15, 0.2) is 42.7 Å². The van der Waals surface area contributed by atoms with Crippen LogP contribution < -0.4 is 14.2 Å². The lowest BCUT2D eigenvalue weighted by Crippen LogP contribution is -2.11. The number of aromatic carboxylic acids is 1. The number of hydrogen-bond acceptors (Lipinski definition) is 5. The fraction of sp³-hybridized carbons (Fsp3) is 0.200. The molecule has 6 heteroatoms. The molecule has 1 N–H and O–H groups in total. The van der Waals surface area contributed by atoms with Crippen LogP contribution in [0.5, 0.6) is 17.2 Å². The average molecular weight is 289 g/mol. The van der Waals surface area contributed by atoms with Crippen LogP contribution in [-0.2, 0) is 0 Å². The highest BCUT2D eigenvalue weighted by molar-refractivity contribution is 5.90. The van der Waals surface area contributed by atoms with Crippen LogP contribution in [0.1, 0.15) is 10.4 Å². The monoisotopic (exact) mass is 289 g/mol. The fourth-order valence-electron chi connectivity index (χ4n) is 1.65. The Bertz CT molecular complexity index is 597. The summed E-state index contributed by atoms with van der Waals surface area (Å²) < 4.78 is 15.9. The SMILES string of the molecule is COc1ccc(OCCOc2cnccc2C(=O)O)cc1. The zero-order chi connectivity index (χ0) is 15.1. The van der Waals surface area contributed by atoms with Crippen LogP contribution in [0.2, 0.25) is 0 Å². The number of benzene rings is 1. The van der Waals surface area contributed by atoms with Crippen molar-refractivity contribution in [1.82, 2.24) is 4.98 Å². The summed E-state index contributed by atoms with van der Waals surface area (Å²) in [5, 5.41) is 9.00. The molecule has 0 bridgehead atoms. The van der Waals surface area contributed by atoms with E-state index in [1.165, 1.54) is 18.5 Å². The van der Waals surface area contributed by atoms with Crippen molar-refractivity contribution in [2.45, 2.75) is 0 Å². The van der Waals surface area contributed by atoms with Crippen LogP contribution >= 0.6 is 0 Å². The maximum atomic E-state index is 11.0. The number of carboxylic acids is 1. The standard InChI is InChI=1S/C15H15NO5/c1-19-11-2-4-12(5-3-11)20-8-9-21-14-10-16-7-6-13(14)15(17)18/h2-7,10H,8-9H2,1H3,(H,17,18). The van der Waals surface area contributed by atoms with Crippen molar-refractivity contribution in [2.75, 3.05) is 20.3 Å². The van der Waals surface area contributed by atoms with E-state index in [9.17, 15) is 4.79 Å². The van der Waals surface area contributed by atoms with Gasteiger partial charge in [0.05, 0.1) is 13.3 Å². The van der Waals surface area contributed by atoms with Gasteiger partial charge < -0.3 is 19.3 Å². The van der Waals surface area contributed by atoms with E-state index in [-0.39, 0.29) is 17.9 Å². The molecule has 0 spiro atoms. The Morgan fingerprint density at radius 1 is 1.10 bits per heavy atom. The molecule has 1 heterocycles. The molecule has 0 aliphatic rings. The minimum Gasteiger partial charge on any atom is -0.497 e. The first-order valence-electron chi connectivity index (χ1n) is 6.27. The summed E-state index contributed by atoms with van der Waals surface area (Å²) in [7, 11) is 1.59. The van der Waals surface area contributed by atoms with Gasteiger partial charge in [-0.2, -0.15) is 0 Å². The van der Waals surface area contributed by atoms with Crippen molar-refractivity contribution in [3.05, 3.63) is 48.3 Å². The van der Waals surface area contributed by atoms with Crippen molar-refractivity contribution in [3.63, 3.8) is 0 Å². The van der Waals surface area contributed by atoms with Gasteiger partial charge in [0.2, 0.25) is 0 Å². The van der Waals surface area contributed by atoms with E-state index in [4.69, 9.17) is 19.3 Å². The number of methoxy groups -OCH3 is 1. The van der Waals surface area contributed by atoms with Crippen molar-refractivity contribution < 1.29 is 24.1 Å². The number of aromatic nitrogens is 1. The van der Waals surface area contributed by atoms with Gasteiger partial charge in [0.1, 0.15) is 30.3 Å². The minimum atomic E-state index is -1.05. The van der Waals surface area contributed by atoms with Crippen molar-refractivity contribution >= 4 is 5.97 Å². The van der Waals surface area contributed by atoms with E-state index in [1.54, 1.807) is 31.4 Å². The number of carbonyl (C=O) groups is 1. The van der Waals surface area contributed by atoms with Crippen LogP contribution in [0.3, 0.4) is 0 Å². The molecule has 1 aromatic heterocycles. The predicted molar refractivity (Wildman–Crippen MR) is 75.2 cm³/mol. The molecule has 0 amide bonds. The Balaban J connectivity index is 1.83. The molecule has 21 heavy (non-hydrogen) atoms. The maximum Gasteiger partial charge on any atom is 0.339 e. The molecule has 6 nitrogen and oxygen atoms in total. The van der Waals surface area contributed by atoms with Gasteiger partial charge in [-0.3, -0.25) is 4.98 Å². The molecule has 1 aromatic carbocycles. The predicted octanol–water partition coefficient (Wildman–Crippen LogP) is 2.25. The highest BCUT2D eigenvalue weighted by atomic mass is 16.5. The molecule has 2 aromatic rings. The minimum absolute atomic E-state index is 0.0782. The van der Waals surface area contributed by atoms with Crippen LogP contribution in [0, 0.1) is 0 Å². The summed E-state index contributed by atoms with van der Waals surface area (Å²) in [6, 6.07) is 8.54. The van der Waals surface area contributed by atoms with Crippen LogP contribution in [0.4, 0.5) is 0 Å². The van der Waals surface area contributed by atoms with Crippen LogP contribution in [0.25, 0.3) is 0 Å². The zero-order valence-corrected chi connectivity index (χ0v) is 11.5. The Labute approximate surface area is 121 Å². The molecule has 0 saturated carbocycles. The molecule has 110 valence electrons. The molecule has 0 unspecified atom stereocenters. The third kappa shape index (κ3) is 4.10. The zero-order valence-electron chi connectivity index (χ0n) is 11.5. The molecule has 0 aliphatic carbocycles. The summed E-state index contributed by atoms with van der Waals surface area (Å²) in [5.41, 5.74) is 0.0782. The van der Waals surface area contributed by atoms with E-state index in [2.05, 4.69) is 4.98 Å². The molecule has 0 saturated heterocycles. The fourth-order valence-corrected chi connectivity index (χ4v) is 1.65. The normalized spacial score (nSPS) is 9.95. The van der Waals surface area contributed by atoms with Gasteiger partial charge >= 0.3 is 5.97 Å². The van der Waals surface area contributed by atoms with Gasteiger partial charge in [0.25, 0.3) is 0 Å². The van der Waals surface area contributed by atoms with Crippen molar-refractivity contribution in [1.29, 1.82) is 0 Å². The van der Waals surface area contributed by atoms with Gasteiger partial charge in [-0.25, -0.2) is 4.79 Å². The van der Waals surface area contributed by atoms with Gasteiger partial charge in [-0.1, -0.05) is 0 Å². The van der Waals surface area contributed by atoms with E-state index in [1.807, 2.05) is 0 Å². The Morgan fingerprint density at radius 3 is 2.43 bits per heavy atom. The molecule has 0 atom stereocenters. The Morgan fingerprint density at radius 2 is 1.76 bits per heavy atom. The second-order valence-electron chi connectivity index (χ2n) is 4.05. The van der Waals surface area contributed by atoms with Gasteiger partial charge in [-0.15, -0.1) is 0 Å². The van der Waals surface area contributed by atoms with Crippen molar-refractivity contribution in [2.24, 2.45) is 0 Å². The Kier molecular flexibility index (Phi) is 4.98. The third-order valence-corrected chi connectivity index (χ3v) is 2.68. The topological polar surface area (TPSA) is 77.9 Å². The lowest BCUT2D eigenvalue weighted by Gasteiger charge is -2.10. The van der Waals surface area contributed by atoms with Gasteiger partial charge in [-0.05, 0) is 30.3 Å². The first-order valence-corrected chi connectivity index (χ1v) is 6.27. The van der Waals surface area contributed by atoms with Crippen LogP contribution in [-0.4, -0.2) is 36.4 Å². The van der Waals surface area contributed by atoms with E-state index < -0.39 is 5.97 Å². The quantitative estimate of drug-likeness (QED) is 0.788. The van der Waals surface area contributed by atoms with E-state index in [0.29, 0.717) is 12.4 Å². The number of rotatable bonds is 7. The molecular weight excluding hydrogens is 274 g/mol. The molecule has 0 aliphatic heterocycles. The molecule has 0 radical (unpaired) electrons. The lowest BCUT2D eigenvalue weighted by atomic mass is 10.2. The smallest absolute Gasteiger partial charge is 0.339 e. The van der Waals surface area contributed by atoms with Gasteiger partial charge in [0, 0.05) is 6.20 Å². The van der Waals surface area contributed by atoms with Crippen molar-refractivity contribution in [3.8, 4) is 17.2 Å². The summed E-state index contributed by atoms with van der Waals surface area (Å²) in [5.74, 6) is 0.607. The molecular formula is C15H15NO5. The van der Waals surface area contributed by atoms with E-state index in [0.717, 1.165) is 5.75 Å². The van der Waals surface area contributed by atoms with E-state index >= 15 is 0 Å². The highest BCUT2D eigenvalue weighted by Crippen LogP contribution is 2.18. The Hall–Kier alpha value is -2.76. The highest BCUT2D eigenvalue weighted by Gasteiger charge is 2.10. The lowest BCUT2D eigenvalue weighted by molar-refractivity contribution is 0.0691. The number of ether oxygens (including phenoxy) is 3. The second-order valence-corrected chi connectivity index (χ2v) is 4.05. The first kappa shape index (κ1) is 14.6. The number of pyridine rings is 1. The summed E-state index contributed by atoms with van der Waals surface area (Å²) >= 11 is 0. The number of hydrogen-bond donors (Lipinski definition) is 1. The summed E-state index contributed by atoms with van der Waals surface area (Å²) in [6.07, 6.45) is 2.78. The summed E-state index contributed by atoms with van der Waals surface area (Å²) in [4.78, 5) is 14.8. The molecule has 2 rings (SSSR count). The molecule has 0 fully saturated rings. The summed E-state index contributed by atoms with van der Waals surface area (Å²) in [6.45, 7) is 0.512. The maximum absolute atomic E-state index is 11.0. The number of carboxylic acid groups (broad SMARTS) is 1. The van der Waals surface area contributed by atoms with Gasteiger partial charge in [0.15, 0.2) is 5.75 Å². The first-order chi connectivity index (χ1) is 10.2. The third-order valence-electron chi connectivity index (χ3n) is 2.68. The second kappa shape index (κ2) is 7.14. The number of nitrogens with zero attached hydrogens (tertiary/aromatic N) is 1. The largest absolute Gasteiger partial charge is 0.497 e. The average Bonchev–Trinajstić information content (AvgIpc) is 2.52.